The van der Waals surface area contributed by atoms with E-state index < -0.39 is 0 Å². The van der Waals surface area contributed by atoms with Gasteiger partial charge in [-0.1, -0.05) is 13.8 Å². The van der Waals surface area contributed by atoms with Crippen molar-refractivity contribution in [2.45, 2.75) is 58.5 Å². The Balaban J connectivity index is 2.14. The van der Waals surface area contributed by atoms with Crippen molar-refractivity contribution in [3.05, 3.63) is 18.0 Å². The molecule has 2 aromatic rings. The molecule has 0 aromatic carbocycles. The molecule has 0 saturated heterocycles. The molecule has 0 bridgehead atoms. The molecular formula is C15H22N4. The summed E-state index contributed by atoms with van der Waals surface area (Å²) < 4.78 is 2.15. The largest absolute Gasteiger partial charge is 0.367 e. The van der Waals surface area contributed by atoms with Crippen LogP contribution in [0.4, 0.5) is 5.82 Å². The Morgan fingerprint density at radius 2 is 2.00 bits per heavy atom. The number of nitrogens with one attached hydrogen (secondary N) is 1. The minimum absolute atomic E-state index is 0.383. The monoisotopic (exact) mass is 258 g/mol. The van der Waals surface area contributed by atoms with Crippen LogP contribution in [0.5, 0.6) is 0 Å². The SMILES string of the molecule is CC(C)c1cc(NC2CC2)nc2c1ncn2C(C)C. The van der Waals surface area contributed by atoms with Crippen molar-refractivity contribution < 1.29 is 0 Å². The molecule has 102 valence electrons. The van der Waals surface area contributed by atoms with Gasteiger partial charge in [-0.3, -0.25) is 0 Å². The fraction of sp³-hybridized carbons (Fsp3) is 0.600. The molecule has 19 heavy (non-hydrogen) atoms. The van der Waals surface area contributed by atoms with Crippen molar-refractivity contribution >= 4 is 17.0 Å². The van der Waals surface area contributed by atoms with E-state index in [1.54, 1.807) is 0 Å². The van der Waals surface area contributed by atoms with Crippen LogP contribution in [0.1, 0.15) is 58.1 Å². The third-order valence-corrected chi connectivity index (χ3v) is 3.67. The van der Waals surface area contributed by atoms with Gasteiger partial charge >= 0.3 is 0 Å². The maximum absolute atomic E-state index is 4.77. The van der Waals surface area contributed by atoms with Crippen molar-refractivity contribution in [3.8, 4) is 0 Å². The lowest BCUT2D eigenvalue weighted by molar-refractivity contribution is 0.613. The van der Waals surface area contributed by atoms with Gasteiger partial charge in [0.15, 0.2) is 5.65 Å². The van der Waals surface area contributed by atoms with Crippen molar-refractivity contribution in [2.24, 2.45) is 0 Å². The van der Waals surface area contributed by atoms with Crippen LogP contribution < -0.4 is 5.32 Å². The molecular weight excluding hydrogens is 236 g/mol. The zero-order valence-electron chi connectivity index (χ0n) is 12.1. The van der Waals surface area contributed by atoms with Gasteiger partial charge in [0.05, 0.1) is 6.33 Å². The summed E-state index contributed by atoms with van der Waals surface area (Å²) in [6.07, 6.45) is 4.44. The molecule has 2 aromatic heterocycles. The fourth-order valence-corrected chi connectivity index (χ4v) is 2.36. The summed E-state index contributed by atoms with van der Waals surface area (Å²) in [5.41, 5.74) is 3.34. The first-order valence-electron chi connectivity index (χ1n) is 7.20. The van der Waals surface area contributed by atoms with E-state index in [1.165, 1.54) is 18.4 Å². The van der Waals surface area contributed by atoms with Gasteiger partial charge in [0.1, 0.15) is 11.3 Å². The van der Waals surface area contributed by atoms with Gasteiger partial charge in [0, 0.05) is 12.1 Å². The van der Waals surface area contributed by atoms with Gasteiger partial charge in [-0.15, -0.1) is 0 Å². The Hall–Kier alpha value is -1.58. The molecule has 3 rings (SSSR count). The zero-order valence-corrected chi connectivity index (χ0v) is 12.1. The number of hydrogen-bond donors (Lipinski definition) is 1. The third-order valence-electron chi connectivity index (χ3n) is 3.67. The topological polar surface area (TPSA) is 42.7 Å². The average Bonchev–Trinajstić information content (AvgIpc) is 3.05. The molecule has 4 nitrogen and oxygen atoms in total. The Bertz CT molecular complexity index is 593. The highest BCUT2D eigenvalue weighted by molar-refractivity contribution is 5.78. The normalized spacial score (nSPS) is 15.7. The minimum Gasteiger partial charge on any atom is -0.367 e. The summed E-state index contributed by atoms with van der Waals surface area (Å²) in [6.45, 7) is 8.76. The Kier molecular flexibility index (Phi) is 2.96. The first-order chi connectivity index (χ1) is 9.06. The molecule has 4 heteroatoms. The molecule has 0 radical (unpaired) electrons. The molecule has 0 spiro atoms. The molecule has 0 atom stereocenters. The highest BCUT2D eigenvalue weighted by atomic mass is 15.1. The fourth-order valence-electron chi connectivity index (χ4n) is 2.36. The van der Waals surface area contributed by atoms with E-state index in [1.807, 2.05) is 6.33 Å². The van der Waals surface area contributed by atoms with Crippen LogP contribution >= 0.6 is 0 Å². The van der Waals surface area contributed by atoms with Gasteiger partial charge in [0.2, 0.25) is 0 Å². The second-order valence-corrected chi connectivity index (χ2v) is 6.09. The van der Waals surface area contributed by atoms with E-state index in [9.17, 15) is 0 Å². The smallest absolute Gasteiger partial charge is 0.162 e. The molecule has 1 aliphatic carbocycles. The van der Waals surface area contributed by atoms with E-state index >= 15 is 0 Å². The van der Waals surface area contributed by atoms with Crippen LogP contribution in [0.3, 0.4) is 0 Å². The molecule has 1 fully saturated rings. The Morgan fingerprint density at radius 3 is 2.58 bits per heavy atom. The lowest BCUT2D eigenvalue weighted by atomic mass is 10.0. The molecule has 1 saturated carbocycles. The summed E-state index contributed by atoms with van der Waals surface area (Å²) in [7, 11) is 0. The molecule has 0 aliphatic heterocycles. The maximum atomic E-state index is 4.77. The second kappa shape index (κ2) is 4.51. The highest BCUT2D eigenvalue weighted by Gasteiger charge is 2.23. The number of nitrogens with zero attached hydrogens (tertiary/aromatic N) is 3. The number of imidazole rings is 1. The maximum Gasteiger partial charge on any atom is 0.162 e. The molecule has 0 amide bonds. The first kappa shape index (κ1) is 12.5. The summed E-state index contributed by atoms with van der Waals surface area (Å²) in [5.74, 6) is 1.46. The van der Waals surface area contributed by atoms with E-state index in [-0.39, 0.29) is 0 Å². The third kappa shape index (κ3) is 2.31. The van der Waals surface area contributed by atoms with E-state index in [2.05, 4.69) is 48.6 Å². The summed E-state index contributed by atoms with van der Waals surface area (Å²) >= 11 is 0. The molecule has 1 N–H and O–H groups in total. The van der Waals surface area contributed by atoms with Gasteiger partial charge < -0.3 is 9.88 Å². The van der Waals surface area contributed by atoms with Crippen LogP contribution in [-0.4, -0.2) is 20.6 Å². The number of fused-ring (bicyclic) bond motifs is 1. The number of rotatable bonds is 4. The van der Waals surface area contributed by atoms with Crippen LogP contribution in [0, 0.1) is 0 Å². The molecule has 0 unspecified atom stereocenters. The minimum atomic E-state index is 0.383. The van der Waals surface area contributed by atoms with Gasteiger partial charge in [-0.05, 0) is 44.2 Å². The van der Waals surface area contributed by atoms with Crippen molar-refractivity contribution in [1.82, 2.24) is 14.5 Å². The zero-order chi connectivity index (χ0) is 13.6. The number of hydrogen-bond acceptors (Lipinski definition) is 3. The van der Waals surface area contributed by atoms with E-state index in [0.717, 1.165) is 17.0 Å². The summed E-state index contributed by atoms with van der Waals surface area (Å²) in [5, 5.41) is 3.51. The second-order valence-electron chi connectivity index (χ2n) is 6.09. The Morgan fingerprint density at radius 1 is 1.26 bits per heavy atom. The molecule has 2 heterocycles. The number of aromatic nitrogens is 3. The van der Waals surface area contributed by atoms with Crippen molar-refractivity contribution in [2.75, 3.05) is 5.32 Å². The van der Waals surface area contributed by atoms with Crippen LogP contribution in [-0.2, 0) is 0 Å². The van der Waals surface area contributed by atoms with E-state index in [4.69, 9.17) is 4.98 Å². The van der Waals surface area contributed by atoms with Gasteiger partial charge in [-0.25, -0.2) is 9.97 Å². The predicted molar refractivity (Wildman–Crippen MR) is 78.6 cm³/mol. The van der Waals surface area contributed by atoms with Crippen LogP contribution in [0.25, 0.3) is 11.2 Å². The summed E-state index contributed by atoms with van der Waals surface area (Å²) in [4.78, 5) is 9.34. The lowest BCUT2D eigenvalue weighted by Crippen LogP contribution is -2.07. The van der Waals surface area contributed by atoms with Gasteiger partial charge in [-0.2, -0.15) is 0 Å². The van der Waals surface area contributed by atoms with Crippen LogP contribution in [0.2, 0.25) is 0 Å². The Labute approximate surface area is 114 Å². The van der Waals surface area contributed by atoms with E-state index in [0.29, 0.717) is 18.0 Å². The van der Waals surface area contributed by atoms with Crippen molar-refractivity contribution in [1.29, 1.82) is 0 Å². The summed E-state index contributed by atoms with van der Waals surface area (Å²) in [6, 6.07) is 3.18. The van der Waals surface area contributed by atoms with Crippen molar-refractivity contribution in [3.63, 3.8) is 0 Å². The molecule has 1 aliphatic rings. The average molecular weight is 258 g/mol. The quantitative estimate of drug-likeness (QED) is 0.909. The number of anilines is 1. The lowest BCUT2D eigenvalue weighted by Gasteiger charge is -2.13. The standard InChI is InChI=1S/C15H22N4/c1-9(2)12-7-13(17-11-5-6-11)18-15-14(12)16-8-19(15)10(3)4/h7-11H,5-6H2,1-4H3,(H,17,18). The first-order valence-corrected chi connectivity index (χ1v) is 7.20. The predicted octanol–water partition coefficient (Wildman–Crippen LogP) is 3.71. The highest BCUT2D eigenvalue weighted by Crippen LogP contribution is 2.30. The van der Waals surface area contributed by atoms with Crippen LogP contribution in [0.15, 0.2) is 12.4 Å². The van der Waals surface area contributed by atoms with Gasteiger partial charge in [0.25, 0.3) is 0 Å². The number of pyridine rings is 1.